The van der Waals surface area contributed by atoms with Crippen LogP contribution in [0.5, 0.6) is 0 Å². The van der Waals surface area contributed by atoms with Gasteiger partial charge in [0.1, 0.15) is 5.78 Å². The van der Waals surface area contributed by atoms with Crippen LogP contribution in [0.2, 0.25) is 0 Å². The molecule has 0 aromatic heterocycles. The molecule has 0 bridgehead atoms. The molecular formula is C11H9F5OS. The van der Waals surface area contributed by atoms with E-state index in [1.807, 2.05) is 0 Å². The molecule has 1 aromatic carbocycles. The van der Waals surface area contributed by atoms with E-state index < -0.39 is 29.3 Å². The van der Waals surface area contributed by atoms with Crippen molar-refractivity contribution >= 4 is 17.5 Å². The van der Waals surface area contributed by atoms with Crippen molar-refractivity contribution in [3.63, 3.8) is 0 Å². The van der Waals surface area contributed by atoms with E-state index in [1.165, 1.54) is 6.92 Å². The Kier molecular flexibility index (Phi) is 4.72. The summed E-state index contributed by atoms with van der Waals surface area (Å²) in [7, 11) is 0. The smallest absolute Gasteiger partial charge is 0.300 e. The second kappa shape index (κ2) is 5.69. The van der Waals surface area contributed by atoms with E-state index in [1.54, 1.807) is 0 Å². The van der Waals surface area contributed by atoms with Gasteiger partial charge in [-0.05, 0) is 42.4 Å². The second-order valence-corrected chi connectivity index (χ2v) is 4.78. The third-order valence-corrected chi connectivity index (χ3v) is 2.63. The molecule has 1 rings (SSSR count). The maximum atomic E-state index is 12.5. The lowest BCUT2D eigenvalue weighted by molar-refractivity contribution is -0.116. The first-order valence-corrected chi connectivity index (χ1v) is 5.66. The summed E-state index contributed by atoms with van der Waals surface area (Å²) in [5.74, 6) is -0.302. The van der Waals surface area contributed by atoms with Crippen LogP contribution in [-0.4, -0.2) is 11.3 Å². The standard InChI is InChI=1S/C11H9F5OS/c1-6(17)2-7-3-8(10(12)13)5-9(4-7)18-11(14,15)16/h3-5,10H,2H2,1H3. The van der Waals surface area contributed by atoms with Gasteiger partial charge in [0.2, 0.25) is 0 Å². The van der Waals surface area contributed by atoms with Gasteiger partial charge in [-0.2, -0.15) is 13.2 Å². The molecule has 7 heteroatoms. The highest BCUT2D eigenvalue weighted by Crippen LogP contribution is 2.38. The third-order valence-electron chi connectivity index (χ3n) is 1.93. The molecule has 0 amide bonds. The number of hydrogen-bond donors (Lipinski definition) is 0. The van der Waals surface area contributed by atoms with Crippen LogP contribution in [0.15, 0.2) is 23.1 Å². The van der Waals surface area contributed by atoms with Gasteiger partial charge in [-0.15, -0.1) is 0 Å². The fraction of sp³-hybridized carbons (Fsp3) is 0.364. The number of carbonyl (C=O) groups is 1. The van der Waals surface area contributed by atoms with Crippen molar-refractivity contribution in [1.82, 2.24) is 0 Å². The van der Waals surface area contributed by atoms with E-state index in [2.05, 4.69) is 0 Å². The van der Waals surface area contributed by atoms with E-state index in [4.69, 9.17) is 0 Å². The largest absolute Gasteiger partial charge is 0.446 e. The molecule has 1 aromatic rings. The Balaban J connectivity index is 3.09. The molecule has 0 unspecified atom stereocenters. The highest BCUT2D eigenvalue weighted by molar-refractivity contribution is 8.00. The van der Waals surface area contributed by atoms with Gasteiger partial charge in [-0.25, -0.2) is 8.78 Å². The quantitative estimate of drug-likeness (QED) is 0.603. The van der Waals surface area contributed by atoms with Crippen LogP contribution in [-0.2, 0) is 11.2 Å². The molecule has 0 aliphatic heterocycles. The Hall–Kier alpha value is -1.11. The van der Waals surface area contributed by atoms with Gasteiger partial charge in [0.25, 0.3) is 6.43 Å². The van der Waals surface area contributed by atoms with Crippen molar-refractivity contribution in [3.05, 3.63) is 29.3 Å². The summed E-state index contributed by atoms with van der Waals surface area (Å²) in [5, 5.41) is 0. The lowest BCUT2D eigenvalue weighted by atomic mass is 10.1. The number of halogens is 5. The Morgan fingerprint density at radius 2 is 1.89 bits per heavy atom. The summed E-state index contributed by atoms with van der Waals surface area (Å²) in [6, 6.07) is 2.93. The number of hydrogen-bond acceptors (Lipinski definition) is 2. The third kappa shape index (κ3) is 5.03. The lowest BCUT2D eigenvalue weighted by Gasteiger charge is -2.10. The van der Waals surface area contributed by atoms with Crippen molar-refractivity contribution in [3.8, 4) is 0 Å². The summed E-state index contributed by atoms with van der Waals surface area (Å²) < 4.78 is 61.6. The van der Waals surface area contributed by atoms with Crippen molar-refractivity contribution in [2.24, 2.45) is 0 Å². The average molecular weight is 284 g/mol. The molecule has 0 saturated heterocycles. The maximum Gasteiger partial charge on any atom is 0.446 e. The Morgan fingerprint density at radius 3 is 2.33 bits per heavy atom. The minimum Gasteiger partial charge on any atom is -0.300 e. The summed E-state index contributed by atoms with van der Waals surface area (Å²) in [6.45, 7) is 1.24. The number of thioether (sulfide) groups is 1. The molecule has 0 aliphatic carbocycles. The van der Waals surface area contributed by atoms with Crippen LogP contribution in [0.3, 0.4) is 0 Å². The zero-order valence-corrected chi connectivity index (χ0v) is 10.0. The summed E-state index contributed by atoms with van der Waals surface area (Å²) >= 11 is -0.471. The molecule has 0 fully saturated rings. The Morgan fingerprint density at radius 1 is 1.28 bits per heavy atom. The molecule has 0 aliphatic rings. The van der Waals surface area contributed by atoms with E-state index in [0.29, 0.717) is 0 Å². The molecule has 18 heavy (non-hydrogen) atoms. The molecule has 0 heterocycles. The van der Waals surface area contributed by atoms with E-state index in [0.717, 1.165) is 18.2 Å². The predicted octanol–water partition coefficient (Wildman–Crippen LogP) is 4.37. The van der Waals surface area contributed by atoms with Gasteiger partial charge in [0, 0.05) is 16.9 Å². The maximum absolute atomic E-state index is 12.5. The molecule has 100 valence electrons. The summed E-state index contributed by atoms with van der Waals surface area (Å²) in [6.07, 6.45) is -3.03. The molecule has 0 spiro atoms. The van der Waals surface area contributed by atoms with Crippen molar-refractivity contribution in [2.75, 3.05) is 0 Å². The highest BCUT2D eigenvalue weighted by atomic mass is 32.2. The summed E-state index contributed by atoms with van der Waals surface area (Å²) in [4.78, 5) is 10.5. The van der Waals surface area contributed by atoms with Crippen molar-refractivity contribution in [2.45, 2.75) is 30.2 Å². The van der Waals surface area contributed by atoms with Gasteiger partial charge >= 0.3 is 5.51 Å². The molecule has 0 radical (unpaired) electrons. The fourth-order valence-corrected chi connectivity index (χ4v) is 2.07. The van der Waals surface area contributed by atoms with Crippen LogP contribution in [0, 0.1) is 0 Å². The molecule has 0 atom stereocenters. The van der Waals surface area contributed by atoms with Crippen LogP contribution in [0.25, 0.3) is 0 Å². The SMILES string of the molecule is CC(=O)Cc1cc(SC(F)(F)F)cc(C(F)F)c1. The van der Waals surface area contributed by atoms with Crippen LogP contribution in [0.1, 0.15) is 24.5 Å². The zero-order valence-electron chi connectivity index (χ0n) is 9.22. The zero-order chi connectivity index (χ0) is 13.9. The number of ketones is 1. The van der Waals surface area contributed by atoms with Gasteiger partial charge < -0.3 is 0 Å². The lowest BCUT2D eigenvalue weighted by Crippen LogP contribution is -2.02. The number of Topliss-reactive ketones (excluding diaryl/α,β-unsaturated/α-hetero) is 1. The van der Waals surface area contributed by atoms with Gasteiger partial charge in [0.05, 0.1) is 0 Å². The van der Waals surface area contributed by atoms with Crippen LogP contribution < -0.4 is 0 Å². The second-order valence-electron chi connectivity index (χ2n) is 3.64. The minimum atomic E-state index is -4.55. The van der Waals surface area contributed by atoms with E-state index in [9.17, 15) is 26.7 Å². The monoisotopic (exact) mass is 284 g/mol. The Labute approximate surface area is 104 Å². The Bertz CT molecular complexity index is 442. The average Bonchev–Trinajstić information content (AvgIpc) is 2.12. The molecule has 0 N–H and O–H groups in total. The van der Waals surface area contributed by atoms with E-state index >= 15 is 0 Å². The van der Waals surface area contributed by atoms with Crippen LogP contribution in [0.4, 0.5) is 22.0 Å². The molecule has 0 saturated carbocycles. The first-order valence-electron chi connectivity index (χ1n) is 4.84. The summed E-state index contributed by atoms with van der Waals surface area (Å²) in [5.41, 5.74) is -4.90. The van der Waals surface area contributed by atoms with Crippen molar-refractivity contribution in [1.29, 1.82) is 0 Å². The van der Waals surface area contributed by atoms with Gasteiger partial charge in [-0.3, -0.25) is 4.79 Å². The molecular weight excluding hydrogens is 275 g/mol. The van der Waals surface area contributed by atoms with E-state index in [-0.39, 0.29) is 22.7 Å². The van der Waals surface area contributed by atoms with Gasteiger partial charge in [-0.1, -0.05) is 0 Å². The minimum absolute atomic E-state index is 0.159. The predicted molar refractivity (Wildman–Crippen MR) is 57.7 cm³/mol. The molecule has 1 nitrogen and oxygen atoms in total. The van der Waals surface area contributed by atoms with Crippen LogP contribution >= 0.6 is 11.8 Å². The fourth-order valence-electron chi connectivity index (χ4n) is 1.39. The normalized spacial score (nSPS) is 11.9. The first-order chi connectivity index (χ1) is 8.17. The number of benzene rings is 1. The number of rotatable bonds is 4. The first kappa shape index (κ1) is 14.9. The number of carbonyl (C=O) groups excluding carboxylic acids is 1. The highest BCUT2D eigenvalue weighted by Gasteiger charge is 2.29. The topological polar surface area (TPSA) is 17.1 Å². The number of alkyl halides is 5. The van der Waals surface area contributed by atoms with Crippen molar-refractivity contribution < 1.29 is 26.7 Å². The van der Waals surface area contributed by atoms with Gasteiger partial charge in [0.15, 0.2) is 0 Å².